The van der Waals surface area contributed by atoms with Gasteiger partial charge in [-0.15, -0.1) is 0 Å². The number of nitrogens with zero attached hydrogens (tertiary/aromatic N) is 2. The minimum Gasteiger partial charge on any atom is -0.491 e. The highest BCUT2D eigenvalue weighted by molar-refractivity contribution is 5.98. The summed E-state index contributed by atoms with van der Waals surface area (Å²) in [5.74, 6) is 0.568. The van der Waals surface area contributed by atoms with E-state index >= 15 is 0 Å². The molecule has 1 fully saturated rings. The van der Waals surface area contributed by atoms with Gasteiger partial charge in [0.15, 0.2) is 0 Å². The molecule has 1 heterocycles. The molecule has 138 valence electrons. The predicted octanol–water partition coefficient (Wildman–Crippen LogP) is 3.45. The molecule has 6 heteroatoms. The zero-order valence-corrected chi connectivity index (χ0v) is 15.6. The molecule has 0 saturated carbocycles. The van der Waals surface area contributed by atoms with E-state index in [0.29, 0.717) is 25.4 Å². The zero-order valence-electron chi connectivity index (χ0n) is 15.6. The molecule has 1 aromatic rings. The summed E-state index contributed by atoms with van der Waals surface area (Å²) in [6.45, 7) is 9.04. The molecule has 0 radical (unpaired) electrons. The van der Waals surface area contributed by atoms with Crippen molar-refractivity contribution in [2.75, 3.05) is 31.1 Å². The van der Waals surface area contributed by atoms with Crippen molar-refractivity contribution in [1.82, 2.24) is 4.90 Å². The Morgan fingerprint density at radius 3 is 2.56 bits per heavy atom. The van der Waals surface area contributed by atoms with E-state index in [2.05, 4.69) is 6.92 Å². The number of hydrogen-bond donors (Lipinski definition) is 0. The quantitative estimate of drug-likeness (QED) is 0.765. The fourth-order valence-electron chi connectivity index (χ4n) is 2.54. The third kappa shape index (κ3) is 5.37. The summed E-state index contributed by atoms with van der Waals surface area (Å²) in [5, 5.41) is 0. The Morgan fingerprint density at radius 1 is 1.20 bits per heavy atom. The minimum absolute atomic E-state index is 0.0121. The first kappa shape index (κ1) is 19.1. The van der Waals surface area contributed by atoms with Crippen molar-refractivity contribution in [2.24, 2.45) is 0 Å². The van der Waals surface area contributed by atoms with Crippen LogP contribution in [0.2, 0.25) is 0 Å². The van der Waals surface area contributed by atoms with Crippen LogP contribution in [0.15, 0.2) is 24.3 Å². The summed E-state index contributed by atoms with van der Waals surface area (Å²) < 4.78 is 11.2. The highest BCUT2D eigenvalue weighted by Crippen LogP contribution is 2.29. The van der Waals surface area contributed by atoms with E-state index in [-0.39, 0.29) is 12.5 Å². The Balaban J connectivity index is 2.04. The number of hydrogen-bond acceptors (Lipinski definition) is 4. The van der Waals surface area contributed by atoms with E-state index in [1.165, 1.54) is 4.90 Å². The normalized spacial score (nSPS) is 15.3. The van der Waals surface area contributed by atoms with Crippen LogP contribution >= 0.6 is 0 Å². The molecule has 2 amide bonds. The van der Waals surface area contributed by atoms with Gasteiger partial charge < -0.3 is 14.4 Å². The average Bonchev–Trinajstić information content (AvgIpc) is 2.54. The van der Waals surface area contributed by atoms with Gasteiger partial charge in [-0.05, 0) is 39.3 Å². The second-order valence-electron chi connectivity index (χ2n) is 7.12. The van der Waals surface area contributed by atoms with E-state index in [1.54, 1.807) is 4.90 Å². The zero-order chi connectivity index (χ0) is 18.4. The van der Waals surface area contributed by atoms with Gasteiger partial charge in [0, 0.05) is 13.1 Å². The van der Waals surface area contributed by atoms with Crippen LogP contribution in [-0.2, 0) is 9.53 Å². The summed E-state index contributed by atoms with van der Waals surface area (Å²) in [6, 6.07) is 7.53. The third-order valence-corrected chi connectivity index (χ3v) is 3.78. The summed E-state index contributed by atoms with van der Waals surface area (Å²) >= 11 is 0. The predicted molar refractivity (Wildman–Crippen MR) is 97.0 cm³/mol. The number of benzene rings is 1. The molecule has 1 saturated heterocycles. The number of rotatable bonds is 5. The van der Waals surface area contributed by atoms with Gasteiger partial charge in [-0.1, -0.05) is 25.5 Å². The smallest absolute Gasteiger partial charge is 0.410 e. The Labute approximate surface area is 149 Å². The summed E-state index contributed by atoms with van der Waals surface area (Å²) in [7, 11) is 0. The second-order valence-corrected chi connectivity index (χ2v) is 7.12. The molecular formula is C19H28N2O4. The number of piperazine rings is 1. The molecule has 0 bridgehead atoms. The van der Waals surface area contributed by atoms with Crippen LogP contribution in [0, 0.1) is 0 Å². The van der Waals surface area contributed by atoms with Gasteiger partial charge in [0.05, 0.1) is 12.3 Å². The van der Waals surface area contributed by atoms with Gasteiger partial charge >= 0.3 is 6.09 Å². The van der Waals surface area contributed by atoms with E-state index in [4.69, 9.17) is 9.47 Å². The van der Waals surface area contributed by atoms with Crippen LogP contribution in [0.3, 0.4) is 0 Å². The molecule has 6 nitrogen and oxygen atoms in total. The van der Waals surface area contributed by atoms with E-state index in [0.717, 1.165) is 18.5 Å². The molecule has 0 spiro atoms. The number of ether oxygens (including phenoxy) is 2. The molecule has 0 aliphatic carbocycles. The molecule has 1 aliphatic heterocycles. The largest absolute Gasteiger partial charge is 0.491 e. The maximum atomic E-state index is 12.6. The van der Waals surface area contributed by atoms with Crippen molar-refractivity contribution in [3.8, 4) is 5.75 Å². The van der Waals surface area contributed by atoms with Crippen molar-refractivity contribution < 1.29 is 19.1 Å². The first-order valence-electron chi connectivity index (χ1n) is 8.82. The topological polar surface area (TPSA) is 59.1 Å². The molecular weight excluding hydrogens is 320 g/mol. The van der Waals surface area contributed by atoms with Crippen LogP contribution in [0.5, 0.6) is 5.75 Å². The number of carbonyl (C=O) groups excluding carboxylic acids is 2. The fourth-order valence-corrected chi connectivity index (χ4v) is 2.54. The van der Waals surface area contributed by atoms with E-state index in [9.17, 15) is 9.59 Å². The Morgan fingerprint density at radius 2 is 1.92 bits per heavy atom. The van der Waals surface area contributed by atoms with E-state index < -0.39 is 11.7 Å². The molecule has 0 N–H and O–H groups in total. The lowest BCUT2D eigenvalue weighted by Gasteiger charge is -2.35. The van der Waals surface area contributed by atoms with Crippen molar-refractivity contribution in [1.29, 1.82) is 0 Å². The van der Waals surface area contributed by atoms with Gasteiger partial charge in [-0.3, -0.25) is 9.69 Å². The number of anilines is 1. The van der Waals surface area contributed by atoms with Crippen molar-refractivity contribution in [3.05, 3.63) is 24.3 Å². The second kappa shape index (κ2) is 8.23. The van der Waals surface area contributed by atoms with Gasteiger partial charge in [-0.2, -0.15) is 0 Å². The molecule has 1 aromatic carbocycles. The Hall–Kier alpha value is -2.24. The molecule has 0 aromatic heterocycles. The van der Waals surface area contributed by atoms with Crippen LogP contribution in [0.25, 0.3) is 0 Å². The molecule has 0 unspecified atom stereocenters. The molecule has 2 rings (SSSR count). The summed E-state index contributed by atoms with van der Waals surface area (Å²) in [6.07, 6.45) is 1.57. The van der Waals surface area contributed by atoms with Crippen LogP contribution < -0.4 is 9.64 Å². The summed E-state index contributed by atoms with van der Waals surface area (Å²) in [5.41, 5.74) is 0.184. The molecule has 0 atom stereocenters. The SMILES string of the molecule is CCCCOc1ccccc1N1CCN(C(=O)OC(C)(C)C)CC1=O. The number of para-hydroxylation sites is 2. The van der Waals surface area contributed by atoms with Crippen LogP contribution in [0.1, 0.15) is 40.5 Å². The van der Waals surface area contributed by atoms with Gasteiger partial charge in [-0.25, -0.2) is 4.79 Å². The number of unbranched alkanes of at least 4 members (excludes halogenated alkanes) is 1. The average molecular weight is 348 g/mol. The van der Waals surface area contributed by atoms with Gasteiger partial charge in [0.1, 0.15) is 17.9 Å². The first-order valence-corrected chi connectivity index (χ1v) is 8.82. The summed E-state index contributed by atoms with van der Waals surface area (Å²) in [4.78, 5) is 27.9. The fraction of sp³-hybridized carbons (Fsp3) is 0.579. The lowest BCUT2D eigenvalue weighted by molar-refractivity contribution is -0.121. The standard InChI is InChI=1S/C19H28N2O4/c1-5-6-13-24-16-10-8-7-9-15(16)21-12-11-20(14-17(21)22)18(23)25-19(2,3)4/h7-10H,5-6,11-14H2,1-4H3. The van der Waals surface area contributed by atoms with Crippen LogP contribution in [0.4, 0.5) is 10.5 Å². The molecule has 25 heavy (non-hydrogen) atoms. The lowest BCUT2D eigenvalue weighted by Crippen LogP contribution is -2.53. The van der Waals surface area contributed by atoms with Gasteiger partial charge in [0.25, 0.3) is 0 Å². The van der Waals surface area contributed by atoms with Gasteiger partial charge in [0.2, 0.25) is 5.91 Å². The monoisotopic (exact) mass is 348 g/mol. The minimum atomic E-state index is -0.572. The van der Waals surface area contributed by atoms with Crippen molar-refractivity contribution in [2.45, 2.75) is 46.1 Å². The number of amides is 2. The van der Waals surface area contributed by atoms with Crippen molar-refractivity contribution in [3.63, 3.8) is 0 Å². The Kier molecular flexibility index (Phi) is 6.28. The number of carbonyl (C=O) groups is 2. The van der Waals surface area contributed by atoms with E-state index in [1.807, 2.05) is 45.0 Å². The van der Waals surface area contributed by atoms with Crippen molar-refractivity contribution >= 4 is 17.7 Å². The Bertz CT molecular complexity index is 610. The highest BCUT2D eigenvalue weighted by atomic mass is 16.6. The lowest BCUT2D eigenvalue weighted by atomic mass is 10.2. The molecule has 1 aliphatic rings. The maximum absolute atomic E-state index is 12.6. The van der Waals surface area contributed by atoms with Crippen LogP contribution in [-0.4, -0.2) is 48.7 Å². The maximum Gasteiger partial charge on any atom is 0.410 e. The third-order valence-electron chi connectivity index (χ3n) is 3.78. The first-order chi connectivity index (χ1) is 11.8. The highest BCUT2D eigenvalue weighted by Gasteiger charge is 2.31.